The predicted octanol–water partition coefficient (Wildman–Crippen LogP) is 3.02. The molecule has 1 N–H and O–H groups in total. The van der Waals surface area contributed by atoms with Crippen molar-refractivity contribution in [3.63, 3.8) is 0 Å². The van der Waals surface area contributed by atoms with Crippen molar-refractivity contribution < 1.29 is 27.8 Å². The van der Waals surface area contributed by atoms with Crippen LogP contribution in [-0.4, -0.2) is 30.6 Å². The number of thiazole rings is 1. The minimum atomic E-state index is -2.89. The zero-order valence-electron chi connectivity index (χ0n) is 12.8. The number of aromatic nitrogens is 1. The van der Waals surface area contributed by atoms with Gasteiger partial charge in [0.05, 0.1) is 19.2 Å². The average molecular weight is 356 g/mol. The number of aryl methyl sites for hydroxylation is 1. The van der Waals surface area contributed by atoms with Crippen LogP contribution in [0.15, 0.2) is 24.3 Å². The van der Waals surface area contributed by atoms with Gasteiger partial charge in [-0.25, -0.2) is 9.78 Å². The summed E-state index contributed by atoms with van der Waals surface area (Å²) in [5, 5.41) is 2.87. The van der Waals surface area contributed by atoms with Crippen LogP contribution >= 0.6 is 11.3 Å². The molecule has 0 aliphatic heterocycles. The summed E-state index contributed by atoms with van der Waals surface area (Å²) in [6, 6.07) is 5.75. The molecule has 0 aliphatic rings. The third kappa shape index (κ3) is 4.72. The Hall–Kier alpha value is -2.55. The Kier molecular flexibility index (Phi) is 5.80. The molecular weight excluding hydrogens is 342 g/mol. The number of rotatable bonds is 6. The van der Waals surface area contributed by atoms with Gasteiger partial charge in [-0.3, -0.25) is 4.79 Å². The minimum absolute atomic E-state index is 0.0208. The number of amides is 1. The van der Waals surface area contributed by atoms with E-state index in [1.54, 1.807) is 6.92 Å². The van der Waals surface area contributed by atoms with Gasteiger partial charge in [0.25, 0.3) is 0 Å². The maximum Gasteiger partial charge on any atom is 0.387 e. The lowest BCUT2D eigenvalue weighted by Gasteiger charge is -2.05. The van der Waals surface area contributed by atoms with Crippen LogP contribution in [0.2, 0.25) is 0 Å². The Morgan fingerprint density at radius 1 is 1.29 bits per heavy atom. The lowest BCUT2D eigenvalue weighted by atomic mass is 10.1. The fourth-order valence-corrected chi connectivity index (χ4v) is 2.77. The molecule has 0 aliphatic carbocycles. The number of hydrogen-bond acceptors (Lipinski definition) is 6. The first-order chi connectivity index (χ1) is 11.4. The molecular formula is C15H14F2N2O4S. The zero-order valence-corrected chi connectivity index (χ0v) is 13.7. The van der Waals surface area contributed by atoms with Gasteiger partial charge in [0.1, 0.15) is 10.6 Å². The number of ether oxygens (including phenoxy) is 2. The Morgan fingerprint density at radius 2 is 1.96 bits per heavy atom. The highest BCUT2D eigenvalue weighted by Gasteiger charge is 2.17. The van der Waals surface area contributed by atoms with E-state index in [0.717, 1.165) is 11.3 Å². The van der Waals surface area contributed by atoms with Crippen molar-refractivity contribution in [1.82, 2.24) is 4.98 Å². The molecule has 0 atom stereocenters. The van der Waals surface area contributed by atoms with Crippen molar-refractivity contribution in [1.29, 1.82) is 0 Å². The number of carbonyl (C=O) groups excluding carboxylic acids is 2. The molecule has 1 aromatic carbocycles. The Labute approximate surface area is 140 Å². The van der Waals surface area contributed by atoms with Gasteiger partial charge in [-0.05, 0) is 24.6 Å². The van der Waals surface area contributed by atoms with Crippen LogP contribution in [0.25, 0.3) is 0 Å². The molecule has 1 aromatic heterocycles. The highest BCUT2D eigenvalue weighted by molar-refractivity contribution is 7.17. The smallest absolute Gasteiger partial charge is 0.387 e. The van der Waals surface area contributed by atoms with Crippen LogP contribution < -0.4 is 10.1 Å². The molecule has 0 saturated heterocycles. The van der Waals surface area contributed by atoms with Crippen LogP contribution in [0, 0.1) is 6.92 Å². The van der Waals surface area contributed by atoms with E-state index in [2.05, 4.69) is 19.8 Å². The summed E-state index contributed by atoms with van der Waals surface area (Å²) in [5.41, 5.74) is 1.09. The number of benzene rings is 1. The first-order valence-corrected chi connectivity index (χ1v) is 7.60. The molecule has 24 heavy (non-hydrogen) atoms. The van der Waals surface area contributed by atoms with Gasteiger partial charge in [-0.15, -0.1) is 0 Å². The third-order valence-electron chi connectivity index (χ3n) is 2.93. The quantitative estimate of drug-likeness (QED) is 0.805. The number of halogens is 2. The fraction of sp³-hybridized carbons (Fsp3) is 0.267. The number of hydrogen-bond donors (Lipinski definition) is 1. The van der Waals surface area contributed by atoms with Crippen molar-refractivity contribution in [2.75, 3.05) is 12.4 Å². The van der Waals surface area contributed by atoms with Crippen molar-refractivity contribution >= 4 is 28.3 Å². The SMILES string of the molecule is COC(=O)c1sc(NC(=O)Cc2ccc(OC(F)F)cc2)nc1C. The number of esters is 1. The van der Waals surface area contributed by atoms with Crippen molar-refractivity contribution in [2.45, 2.75) is 20.0 Å². The molecule has 0 bridgehead atoms. The largest absolute Gasteiger partial charge is 0.465 e. The maximum absolute atomic E-state index is 12.1. The topological polar surface area (TPSA) is 77.5 Å². The average Bonchev–Trinajstić information content (AvgIpc) is 2.88. The molecule has 0 fully saturated rings. The number of alkyl halides is 2. The van der Waals surface area contributed by atoms with E-state index in [-0.39, 0.29) is 23.2 Å². The second-order valence-corrected chi connectivity index (χ2v) is 5.67. The van der Waals surface area contributed by atoms with Crippen LogP contribution in [0.4, 0.5) is 13.9 Å². The van der Waals surface area contributed by atoms with Gasteiger partial charge in [0.15, 0.2) is 5.13 Å². The standard InChI is InChI=1S/C15H14F2N2O4S/c1-8-12(13(21)22-2)24-15(18-8)19-11(20)7-9-3-5-10(6-4-9)23-14(16)17/h3-6,14H,7H2,1-2H3,(H,18,19,20). The number of carbonyl (C=O) groups is 2. The first kappa shape index (κ1) is 17.8. The molecule has 9 heteroatoms. The van der Waals surface area contributed by atoms with Crippen LogP contribution in [0.3, 0.4) is 0 Å². The second-order valence-electron chi connectivity index (χ2n) is 4.67. The molecule has 0 radical (unpaired) electrons. The number of nitrogens with one attached hydrogen (secondary N) is 1. The van der Waals surface area contributed by atoms with E-state index in [1.807, 2.05) is 0 Å². The zero-order chi connectivity index (χ0) is 17.7. The van der Waals surface area contributed by atoms with Crippen LogP contribution in [-0.2, 0) is 16.0 Å². The third-order valence-corrected chi connectivity index (χ3v) is 3.98. The van der Waals surface area contributed by atoms with Gasteiger partial charge in [-0.1, -0.05) is 23.5 Å². The van der Waals surface area contributed by atoms with Gasteiger partial charge >= 0.3 is 12.6 Å². The highest BCUT2D eigenvalue weighted by atomic mass is 32.1. The lowest BCUT2D eigenvalue weighted by Crippen LogP contribution is -2.14. The molecule has 0 spiro atoms. The van der Waals surface area contributed by atoms with Crippen molar-refractivity contribution in [3.05, 3.63) is 40.4 Å². The van der Waals surface area contributed by atoms with Crippen LogP contribution in [0.5, 0.6) is 5.75 Å². The lowest BCUT2D eigenvalue weighted by molar-refractivity contribution is -0.115. The summed E-state index contributed by atoms with van der Waals surface area (Å²) in [6.45, 7) is -1.25. The molecule has 2 rings (SSSR count). The molecule has 128 valence electrons. The predicted molar refractivity (Wildman–Crippen MR) is 83.6 cm³/mol. The monoisotopic (exact) mass is 356 g/mol. The fourth-order valence-electron chi connectivity index (χ4n) is 1.87. The van der Waals surface area contributed by atoms with E-state index in [4.69, 9.17) is 0 Å². The number of anilines is 1. The van der Waals surface area contributed by atoms with Crippen molar-refractivity contribution in [3.8, 4) is 5.75 Å². The molecule has 6 nitrogen and oxygen atoms in total. The number of methoxy groups -OCH3 is 1. The van der Waals surface area contributed by atoms with E-state index < -0.39 is 12.6 Å². The Bertz CT molecular complexity index is 732. The molecule has 2 aromatic rings. The van der Waals surface area contributed by atoms with E-state index in [9.17, 15) is 18.4 Å². The number of nitrogens with zero attached hydrogens (tertiary/aromatic N) is 1. The molecule has 1 amide bonds. The molecule has 1 heterocycles. The summed E-state index contributed by atoms with van der Waals surface area (Å²) < 4.78 is 33.0. The van der Waals surface area contributed by atoms with Gasteiger partial charge < -0.3 is 14.8 Å². The second kappa shape index (κ2) is 7.82. The summed E-state index contributed by atoms with van der Waals surface area (Å²) in [5.74, 6) is -0.838. The first-order valence-electron chi connectivity index (χ1n) is 6.78. The maximum atomic E-state index is 12.1. The van der Waals surface area contributed by atoms with E-state index in [1.165, 1.54) is 31.4 Å². The summed E-state index contributed by atoms with van der Waals surface area (Å²) in [6.07, 6.45) is 0.0289. The van der Waals surface area contributed by atoms with Gasteiger partial charge in [-0.2, -0.15) is 8.78 Å². The minimum Gasteiger partial charge on any atom is -0.465 e. The van der Waals surface area contributed by atoms with Gasteiger partial charge in [0.2, 0.25) is 5.91 Å². The highest BCUT2D eigenvalue weighted by Crippen LogP contribution is 2.23. The van der Waals surface area contributed by atoms with E-state index in [0.29, 0.717) is 16.1 Å². The Balaban J connectivity index is 1.97. The van der Waals surface area contributed by atoms with Crippen molar-refractivity contribution in [2.24, 2.45) is 0 Å². The molecule has 0 saturated carbocycles. The van der Waals surface area contributed by atoms with Gasteiger partial charge in [0, 0.05) is 0 Å². The summed E-state index contributed by atoms with van der Waals surface area (Å²) in [7, 11) is 1.27. The summed E-state index contributed by atoms with van der Waals surface area (Å²) in [4.78, 5) is 27.9. The molecule has 0 unspecified atom stereocenters. The van der Waals surface area contributed by atoms with E-state index >= 15 is 0 Å². The normalized spacial score (nSPS) is 10.5. The van der Waals surface area contributed by atoms with Crippen LogP contribution in [0.1, 0.15) is 20.9 Å². The Morgan fingerprint density at radius 3 is 2.54 bits per heavy atom. The summed E-state index contributed by atoms with van der Waals surface area (Å²) >= 11 is 1.02.